The summed E-state index contributed by atoms with van der Waals surface area (Å²) in [6, 6.07) is 10.1. The monoisotopic (exact) mass is 351 g/mol. The second kappa shape index (κ2) is 7.28. The summed E-state index contributed by atoms with van der Waals surface area (Å²) in [5.41, 5.74) is 0.771. The standard InChI is InChI=1S/C15H13NO5S2/c1-21-12-5-2-11(3-6-12)4-7-13-8-9-15(22-13)23(19,20)16-10-14(17)18/h2-3,5-6,8-9,16H,10H2,1H3,(H,17,18). The van der Waals surface area contributed by atoms with Gasteiger partial charge in [-0.25, -0.2) is 8.42 Å². The highest BCUT2D eigenvalue weighted by Crippen LogP contribution is 2.20. The van der Waals surface area contributed by atoms with Gasteiger partial charge >= 0.3 is 5.97 Å². The highest BCUT2D eigenvalue weighted by molar-refractivity contribution is 7.91. The van der Waals surface area contributed by atoms with Gasteiger partial charge in [0.25, 0.3) is 10.0 Å². The molecule has 120 valence electrons. The predicted molar refractivity (Wildman–Crippen MR) is 86.1 cm³/mol. The van der Waals surface area contributed by atoms with E-state index in [1.165, 1.54) is 6.07 Å². The molecule has 6 nitrogen and oxygen atoms in total. The van der Waals surface area contributed by atoms with Gasteiger partial charge in [-0.15, -0.1) is 11.3 Å². The van der Waals surface area contributed by atoms with Gasteiger partial charge in [0.2, 0.25) is 0 Å². The zero-order chi connectivity index (χ0) is 16.9. The number of ether oxygens (including phenoxy) is 1. The van der Waals surface area contributed by atoms with Crippen molar-refractivity contribution in [1.82, 2.24) is 4.72 Å². The summed E-state index contributed by atoms with van der Waals surface area (Å²) in [7, 11) is -2.25. The maximum absolute atomic E-state index is 11.9. The Labute approximate surface area is 137 Å². The number of nitrogens with one attached hydrogen (secondary N) is 1. The molecule has 2 aromatic rings. The number of carboxylic acids is 1. The molecule has 23 heavy (non-hydrogen) atoms. The lowest BCUT2D eigenvalue weighted by Crippen LogP contribution is -2.28. The maximum Gasteiger partial charge on any atom is 0.318 e. The Bertz CT molecular complexity index is 857. The highest BCUT2D eigenvalue weighted by atomic mass is 32.2. The van der Waals surface area contributed by atoms with Crippen LogP contribution < -0.4 is 9.46 Å². The van der Waals surface area contributed by atoms with Gasteiger partial charge in [0.15, 0.2) is 0 Å². The minimum atomic E-state index is -3.82. The molecule has 2 rings (SSSR count). The Morgan fingerprint density at radius 2 is 1.91 bits per heavy atom. The van der Waals surface area contributed by atoms with Crippen LogP contribution in [-0.4, -0.2) is 33.1 Å². The van der Waals surface area contributed by atoms with E-state index in [0.717, 1.165) is 22.6 Å². The molecule has 0 aliphatic rings. The number of carbonyl (C=O) groups is 1. The summed E-state index contributed by atoms with van der Waals surface area (Å²) < 4.78 is 30.8. The van der Waals surface area contributed by atoms with E-state index in [1.54, 1.807) is 37.4 Å². The van der Waals surface area contributed by atoms with Crippen LogP contribution in [0.2, 0.25) is 0 Å². The third-order valence-electron chi connectivity index (χ3n) is 2.68. The van der Waals surface area contributed by atoms with Crippen LogP contribution in [0.25, 0.3) is 0 Å². The van der Waals surface area contributed by atoms with Gasteiger partial charge in [-0.3, -0.25) is 4.79 Å². The van der Waals surface area contributed by atoms with Crippen LogP contribution in [0.5, 0.6) is 5.75 Å². The number of benzene rings is 1. The van der Waals surface area contributed by atoms with E-state index >= 15 is 0 Å². The number of methoxy groups -OCH3 is 1. The number of thiophene rings is 1. The Balaban J connectivity index is 2.13. The molecule has 0 aliphatic carbocycles. The van der Waals surface area contributed by atoms with E-state index in [4.69, 9.17) is 9.84 Å². The fourth-order valence-corrected chi connectivity index (χ4v) is 3.75. The van der Waals surface area contributed by atoms with Crippen molar-refractivity contribution in [3.8, 4) is 17.6 Å². The summed E-state index contributed by atoms with van der Waals surface area (Å²) >= 11 is 0.977. The van der Waals surface area contributed by atoms with E-state index < -0.39 is 22.5 Å². The zero-order valence-electron chi connectivity index (χ0n) is 12.1. The first-order chi connectivity index (χ1) is 10.9. The molecule has 0 aliphatic heterocycles. The smallest absolute Gasteiger partial charge is 0.318 e. The van der Waals surface area contributed by atoms with Crippen molar-refractivity contribution in [2.75, 3.05) is 13.7 Å². The van der Waals surface area contributed by atoms with Gasteiger partial charge in [0.05, 0.1) is 12.0 Å². The van der Waals surface area contributed by atoms with Crippen molar-refractivity contribution in [2.45, 2.75) is 4.21 Å². The summed E-state index contributed by atoms with van der Waals surface area (Å²) in [5, 5.41) is 8.52. The lowest BCUT2D eigenvalue weighted by molar-refractivity contribution is -0.135. The van der Waals surface area contributed by atoms with Crippen LogP contribution in [0.1, 0.15) is 10.4 Å². The normalized spacial score (nSPS) is 10.7. The zero-order valence-corrected chi connectivity index (χ0v) is 13.7. The van der Waals surface area contributed by atoms with Gasteiger partial charge in [0.1, 0.15) is 16.5 Å². The Morgan fingerprint density at radius 1 is 1.22 bits per heavy atom. The number of hydrogen-bond acceptors (Lipinski definition) is 5. The largest absolute Gasteiger partial charge is 0.497 e. The minimum Gasteiger partial charge on any atom is -0.497 e. The van der Waals surface area contributed by atoms with Crippen LogP contribution >= 0.6 is 11.3 Å². The first-order valence-corrected chi connectivity index (χ1v) is 8.68. The fraction of sp³-hybridized carbons (Fsp3) is 0.133. The van der Waals surface area contributed by atoms with E-state index in [9.17, 15) is 13.2 Å². The molecule has 0 amide bonds. The SMILES string of the molecule is COc1ccc(C#Cc2ccc(S(=O)(=O)NCC(=O)O)s2)cc1. The minimum absolute atomic E-state index is 0.0257. The summed E-state index contributed by atoms with van der Waals surface area (Å²) in [4.78, 5) is 11.0. The van der Waals surface area contributed by atoms with Crippen molar-refractivity contribution in [2.24, 2.45) is 0 Å². The van der Waals surface area contributed by atoms with Gasteiger partial charge in [0, 0.05) is 5.56 Å². The second-order valence-corrected chi connectivity index (χ2v) is 7.39. The molecule has 0 radical (unpaired) electrons. The first-order valence-electron chi connectivity index (χ1n) is 6.38. The molecule has 8 heteroatoms. The Morgan fingerprint density at radius 3 is 2.52 bits per heavy atom. The number of aliphatic carboxylic acids is 1. The Hall–Kier alpha value is -2.34. The molecule has 0 saturated carbocycles. The van der Waals surface area contributed by atoms with E-state index in [2.05, 4.69) is 11.8 Å². The third kappa shape index (κ3) is 4.82. The average Bonchev–Trinajstić information content (AvgIpc) is 3.01. The van der Waals surface area contributed by atoms with Gasteiger partial charge < -0.3 is 9.84 Å². The maximum atomic E-state index is 11.9. The number of hydrogen-bond donors (Lipinski definition) is 2. The summed E-state index contributed by atoms with van der Waals surface area (Å²) in [5.74, 6) is 5.28. The molecule has 0 bridgehead atoms. The third-order valence-corrected chi connectivity index (χ3v) is 5.57. The molecule has 1 heterocycles. The molecule has 0 fully saturated rings. The van der Waals surface area contributed by atoms with Crippen LogP contribution in [0.3, 0.4) is 0 Å². The molecule has 2 N–H and O–H groups in total. The van der Waals surface area contributed by atoms with Crippen LogP contribution in [0.15, 0.2) is 40.6 Å². The number of sulfonamides is 1. The molecule has 0 unspecified atom stereocenters. The average molecular weight is 351 g/mol. The lowest BCUT2D eigenvalue weighted by atomic mass is 10.2. The van der Waals surface area contributed by atoms with Crippen LogP contribution in [-0.2, 0) is 14.8 Å². The quantitative estimate of drug-likeness (QED) is 0.797. The van der Waals surface area contributed by atoms with Crippen molar-refractivity contribution < 1.29 is 23.1 Å². The molecule has 0 spiro atoms. The summed E-state index contributed by atoms with van der Waals surface area (Å²) in [6.07, 6.45) is 0. The van der Waals surface area contributed by atoms with Crippen molar-refractivity contribution in [3.05, 3.63) is 46.8 Å². The Kier molecular flexibility index (Phi) is 5.39. The molecular weight excluding hydrogens is 338 g/mol. The van der Waals surface area contributed by atoms with Gasteiger partial charge in [-0.1, -0.05) is 11.8 Å². The lowest BCUT2D eigenvalue weighted by Gasteiger charge is -2.00. The molecular formula is C15H13NO5S2. The highest BCUT2D eigenvalue weighted by Gasteiger charge is 2.17. The van der Waals surface area contributed by atoms with Crippen molar-refractivity contribution in [3.63, 3.8) is 0 Å². The fourth-order valence-electron chi connectivity index (χ4n) is 1.57. The van der Waals surface area contributed by atoms with Gasteiger partial charge in [-0.2, -0.15) is 4.72 Å². The van der Waals surface area contributed by atoms with Crippen molar-refractivity contribution in [1.29, 1.82) is 0 Å². The van der Waals surface area contributed by atoms with Gasteiger partial charge in [-0.05, 0) is 36.4 Å². The van der Waals surface area contributed by atoms with E-state index in [0.29, 0.717) is 4.88 Å². The van der Waals surface area contributed by atoms with Crippen LogP contribution in [0.4, 0.5) is 0 Å². The molecule has 0 atom stereocenters. The molecule has 0 saturated heterocycles. The second-order valence-electron chi connectivity index (χ2n) is 4.32. The van der Waals surface area contributed by atoms with Crippen molar-refractivity contribution >= 4 is 27.3 Å². The summed E-state index contributed by atoms with van der Waals surface area (Å²) in [6.45, 7) is -0.660. The van der Waals surface area contributed by atoms with E-state index in [1.807, 2.05) is 4.72 Å². The predicted octanol–water partition coefficient (Wildman–Crippen LogP) is 1.52. The first kappa shape index (κ1) is 17.0. The van der Waals surface area contributed by atoms with E-state index in [-0.39, 0.29) is 4.21 Å². The number of rotatable bonds is 5. The molecule has 1 aromatic heterocycles. The topological polar surface area (TPSA) is 92.7 Å². The van der Waals surface area contributed by atoms with Crippen LogP contribution in [0, 0.1) is 11.8 Å². The number of carboxylic acid groups (broad SMARTS) is 1. The molecule has 1 aromatic carbocycles.